The first-order valence-electron chi connectivity index (χ1n) is 13.0. The number of rotatable bonds is 10. The molecule has 0 atom stereocenters. The fraction of sp³-hybridized carbons (Fsp3) is 0.464. The van der Waals surface area contributed by atoms with Gasteiger partial charge in [-0.15, -0.1) is 11.3 Å². The van der Waals surface area contributed by atoms with Gasteiger partial charge in [-0.05, 0) is 49.4 Å². The lowest BCUT2D eigenvalue weighted by atomic mass is 9.83. The number of carbonyl (C=O) groups excluding carboxylic acids is 1. The van der Waals surface area contributed by atoms with Gasteiger partial charge in [0.2, 0.25) is 5.91 Å². The summed E-state index contributed by atoms with van der Waals surface area (Å²) in [6.07, 6.45) is 8.72. The predicted octanol–water partition coefficient (Wildman–Crippen LogP) is 5.11. The molecule has 1 aromatic carbocycles. The number of hydrogen-bond donors (Lipinski definition) is 1. The van der Waals surface area contributed by atoms with Crippen molar-refractivity contribution in [1.29, 1.82) is 0 Å². The number of carbonyl (C=O) groups is 1. The number of ether oxygens (including phenoxy) is 3. The van der Waals surface area contributed by atoms with E-state index in [1.165, 1.54) is 6.42 Å². The van der Waals surface area contributed by atoms with E-state index in [1.807, 2.05) is 29.6 Å². The van der Waals surface area contributed by atoms with Gasteiger partial charge in [-0.25, -0.2) is 4.98 Å². The Kier molecular flexibility index (Phi) is 8.65. The Bertz CT molecular complexity index is 1190. The van der Waals surface area contributed by atoms with Crippen LogP contribution in [0.15, 0.2) is 42.0 Å². The zero-order valence-corrected chi connectivity index (χ0v) is 22.1. The minimum Gasteiger partial charge on any atom is -0.493 e. The number of nitrogens with one attached hydrogen (secondary N) is 1. The van der Waals surface area contributed by atoms with Crippen LogP contribution in [-0.2, 0) is 9.53 Å². The zero-order valence-electron chi connectivity index (χ0n) is 21.3. The van der Waals surface area contributed by atoms with Gasteiger partial charge < -0.3 is 19.5 Å². The van der Waals surface area contributed by atoms with Gasteiger partial charge in [0, 0.05) is 43.6 Å². The van der Waals surface area contributed by atoms with E-state index >= 15 is 0 Å². The van der Waals surface area contributed by atoms with E-state index in [0.29, 0.717) is 30.4 Å². The second kappa shape index (κ2) is 12.5. The monoisotopic (exact) mass is 522 g/mol. The van der Waals surface area contributed by atoms with Crippen molar-refractivity contribution in [2.24, 2.45) is 5.92 Å². The minimum atomic E-state index is 0.0868. The highest BCUT2D eigenvalue weighted by Gasteiger charge is 2.21. The van der Waals surface area contributed by atoms with E-state index < -0.39 is 0 Å². The molecule has 0 bridgehead atoms. The molecule has 2 aromatic heterocycles. The summed E-state index contributed by atoms with van der Waals surface area (Å²) in [4.78, 5) is 24.9. The van der Waals surface area contributed by atoms with Crippen molar-refractivity contribution < 1.29 is 19.0 Å². The Labute approximate surface area is 222 Å². The van der Waals surface area contributed by atoms with Crippen LogP contribution in [0.5, 0.6) is 11.5 Å². The molecular weight excluding hydrogens is 488 g/mol. The van der Waals surface area contributed by atoms with Crippen LogP contribution in [-0.4, -0.2) is 67.3 Å². The molecule has 1 amide bonds. The summed E-state index contributed by atoms with van der Waals surface area (Å²) in [7, 11) is 1.65. The molecular formula is C28H34N4O4S. The zero-order chi connectivity index (χ0) is 25.5. The smallest absolute Gasteiger partial charge is 0.224 e. The molecule has 1 N–H and O–H groups in total. The molecule has 1 aliphatic carbocycles. The van der Waals surface area contributed by atoms with E-state index in [9.17, 15) is 4.79 Å². The quantitative estimate of drug-likeness (QED) is 0.396. The summed E-state index contributed by atoms with van der Waals surface area (Å²) in [5, 5.41) is 4.98. The number of amides is 1. The highest BCUT2D eigenvalue weighted by atomic mass is 32.1. The summed E-state index contributed by atoms with van der Waals surface area (Å²) in [6, 6.07) is 7.80. The highest BCUT2D eigenvalue weighted by Crippen LogP contribution is 2.34. The standard InChI is InChI=1S/C28H34N4O4S/c1-34-26-15-21(6-7-25(26)36-13-10-32-8-3-11-35-12-9-32)23-17-29-18-24(31-23)27-16-22(19-37-27)30-28(33)14-20-4-2-5-20/h6-7,15-20H,2-5,8-14H2,1H3,(H,30,33). The molecule has 1 saturated carbocycles. The lowest BCUT2D eigenvalue weighted by Gasteiger charge is -2.24. The Morgan fingerprint density at radius 2 is 2.03 bits per heavy atom. The molecule has 0 radical (unpaired) electrons. The van der Waals surface area contributed by atoms with E-state index in [0.717, 1.165) is 79.6 Å². The first-order chi connectivity index (χ1) is 18.2. The van der Waals surface area contributed by atoms with Crippen LogP contribution in [0, 0.1) is 5.92 Å². The van der Waals surface area contributed by atoms with Crippen LogP contribution in [0.4, 0.5) is 5.69 Å². The van der Waals surface area contributed by atoms with E-state index in [-0.39, 0.29) is 5.91 Å². The molecule has 1 aliphatic heterocycles. The van der Waals surface area contributed by atoms with Gasteiger partial charge in [0.1, 0.15) is 6.61 Å². The third-order valence-corrected chi connectivity index (χ3v) is 7.86. The SMILES string of the molecule is COc1cc(-c2cncc(-c3cc(NC(=O)CC4CCC4)cs3)n2)ccc1OCCN1CCCOCC1. The van der Waals surface area contributed by atoms with Gasteiger partial charge in [0.15, 0.2) is 11.5 Å². The predicted molar refractivity (Wildman–Crippen MR) is 145 cm³/mol. The number of methoxy groups -OCH3 is 1. The highest BCUT2D eigenvalue weighted by molar-refractivity contribution is 7.14. The van der Waals surface area contributed by atoms with Crippen LogP contribution in [0.2, 0.25) is 0 Å². The second-order valence-corrected chi connectivity index (χ2v) is 10.5. The molecule has 2 aliphatic rings. The third-order valence-electron chi connectivity index (χ3n) is 6.91. The average molecular weight is 523 g/mol. The Morgan fingerprint density at radius 1 is 1.14 bits per heavy atom. The molecule has 5 rings (SSSR count). The third kappa shape index (κ3) is 6.85. The summed E-state index contributed by atoms with van der Waals surface area (Å²) in [5.41, 5.74) is 3.22. The van der Waals surface area contributed by atoms with Gasteiger partial charge in [0.05, 0.1) is 48.1 Å². The average Bonchev–Trinajstić information content (AvgIpc) is 3.20. The lowest BCUT2D eigenvalue weighted by Crippen LogP contribution is -2.30. The van der Waals surface area contributed by atoms with Gasteiger partial charge in [-0.3, -0.25) is 14.7 Å². The molecule has 0 spiro atoms. The van der Waals surface area contributed by atoms with Gasteiger partial charge in [-0.2, -0.15) is 0 Å². The number of anilines is 1. The fourth-order valence-corrected chi connectivity index (χ4v) is 5.38. The van der Waals surface area contributed by atoms with Crippen molar-refractivity contribution in [3.8, 4) is 33.3 Å². The topological polar surface area (TPSA) is 85.8 Å². The fourth-order valence-electron chi connectivity index (χ4n) is 4.58. The van der Waals surface area contributed by atoms with Crippen LogP contribution >= 0.6 is 11.3 Å². The molecule has 9 heteroatoms. The van der Waals surface area contributed by atoms with E-state index in [1.54, 1.807) is 30.8 Å². The van der Waals surface area contributed by atoms with E-state index in [2.05, 4.69) is 15.2 Å². The number of hydrogen-bond acceptors (Lipinski definition) is 8. The molecule has 8 nitrogen and oxygen atoms in total. The van der Waals surface area contributed by atoms with Crippen molar-refractivity contribution >= 4 is 22.9 Å². The van der Waals surface area contributed by atoms with Crippen LogP contribution < -0.4 is 14.8 Å². The Balaban J connectivity index is 1.22. The molecule has 196 valence electrons. The molecule has 3 heterocycles. The maximum absolute atomic E-state index is 12.3. The number of nitrogens with zero attached hydrogens (tertiary/aromatic N) is 3. The lowest BCUT2D eigenvalue weighted by molar-refractivity contribution is -0.117. The Hall–Kier alpha value is -3.01. The maximum atomic E-state index is 12.3. The van der Waals surface area contributed by atoms with Crippen LogP contribution in [0.1, 0.15) is 32.1 Å². The van der Waals surface area contributed by atoms with Gasteiger partial charge in [0.25, 0.3) is 0 Å². The normalized spacial score (nSPS) is 16.6. The summed E-state index contributed by atoms with van der Waals surface area (Å²) in [5.74, 6) is 2.01. The first-order valence-corrected chi connectivity index (χ1v) is 13.9. The van der Waals surface area contributed by atoms with Crippen LogP contribution in [0.25, 0.3) is 21.8 Å². The molecule has 0 unspecified atom stereocenters. The summed E-state index contributed by atoms with van der Waals surface area (Å²) < 4.78 is 17.2. The second-order valence-electron chi connectivity index (χ2n) is 9.56. The number of benzene rings is 1. The molecule has 3 aromatic rings. The van der Waals surface area contributed by atoms with Crippen molar-refractivity contribution in [1.82, 2.24) is 14.9 Å². The van der Waals surface area contributed by atoms with Crippen molar-refractivity contribution in [2.75, 3.05) is 51.9 Å². The maximum Gasteiger partial charge on any atom is 0.224 e. The van der Waals surface area contributed by atoms with Crippen LogP contribution in [0.3, 0.4) is 0 Å². The van der Waals surface area contributed by atoms with Crippen molar-refractivity contribution in [3.63, 3.8) is 0 Å². The summed E-state index contributed by atoms with van der Waals surface area (Å²) in [6.45, 7) is 5.02. The number of thiophene rings is 1. The minimum absolute atomic E-state index is 0.0868. The molecule has 37 heavy (non-hydrogen) atoms. The molecule has 1 saturated heterocycles. The van der Waals surface area contributed by atoms with E-state index in [4.69, 9.17) is 19.2 Å². The summed E-state index contributed by atoms with van der Waals surface area (Å²) >= 11 is 1.55. The van der Waals surface area contributed by atoms with Gasteiger partial charge >= 0.3 is 0 Å². The van der Waals surface area contributed by atoms with Crippen molar-refractivity contribution in [2.45, 2.75) is 32.1 Å². The molecule has 2 fully saturated rings. The van der Waals surface area contributed by atoms with Gasteiger partial charge in [-0.1, -0.05) is 6.42 Å². The largest absolute Gasteiger partial charge is 0.493 e. The number of aromatic nitrogens is 2. The Morgan fingerprint density at radius 3 is 2.86 bits per heavy atom. The van der Waals surface area contributed by atoms with Crippen molar-refractivity contribution in [3.05, 3.63) is 42.0 Å². The first kappa shape index (κ1) is 25.6.